The first-order valence-electron chi connectivity index (χ1n) is 4.23. The van der Waals surface area contributed by atoms with E-state index in [0.29, 0.717) is 5.92 Å². The van der Waals surface area contributed by atoms with Crippen molar-refractivity contribution in [2.75, 3.05) is 6.54 Å². The molecule has 0 aromatic carbocycles. The van der Waals surface area contributed by atoms with Gasteiger partial charge in [0.1, 0.15) is 0 Å². The topological polar surface area (TPSA) is 12.0 Å². The van der Waals surface area contributed by atoms with E-state index in [4.69, 9.17) is 0 Å². The quantitative estimate of drug-likeness (QED) is 0.599. The Kier molecular flexibility index (Phi) is 5.63. The fraction of sp³-hybridized carbons (Fsp3) is 0.600. The Hall–Kier alpha value is -0.720. The Bertz CT molecular complexity index is 136. The fourth-order valence-electron chi connectivity index (χ4n) is 1.10. The predicted molar refractivity (Wildman–Crippen MR) is 51.4 cm³/mol. The zero-order chi connectivity index (χ0) is 8.69. The third-order valence-corrected chi connectivity index (χ3v) is 1.53. The van der Waals surface area contributed by atoms with Gasteiger partial charge in [-0.2, -0.15) is 0 Å². The number of hydrogen-bond donors (Lipinski definition) is 1. The largest absolute Gasteiger partial charge is 0.389 e. The highest BCUT2D eigenvalue weighted by molar-refractivity contribution is 4.98. The van der Waals surface area contributed by atoms with Gasteiger partial charge in [0.2, 0.25) is 0 Å². The SMILES string of the molecule is C=CCC(C)/C=C(\C)NCC. The van der Waals surface area contributed by atoms with Crippen molar-refractivity contribution in [2.24, 2.45) is 5.92 Å². The Morgan fingerprint density at radius 3 is 2.73 bits per heavy atom. The summed E-state index contributed by atoms with van der Waals surface area (Å²) in [4.78, 5) is 0. The van der Waals surface area contributed by atoms with Crippen molar-refractivity contribution in [1.29, 1.82) is 0 Å². The van der Waals surface area contributed by atoms with Crippen LogP contribution >= 0.6 is 0 Å². The van der Waals surface area contributed by atoms with Gasteiger partial charge >= 0.3 is 0 Å². The highest BCUT2D eigenvalue weighted by Gasteiger charge is 1.94. The molecule has 0 aliphatic carbocycles. The van der Waals surface area contributed by atoms with E-state index >= 15 is 0 Å². The first-order valence-corrected chi connectivity index (χ1v) is 4.23. The van der Waals surface area contributed by atoms with Crippen LogP contribution in [0.1, 0.15) is 27.2 Å². The molecule has 0 heterocycles. The van der Waals surface area contributed by atoms with E-state index in [1.54, 1.807) is 0 Å². The minimum absolute atomic E-state index is 0.603. The summed E-state index contributed by atoms with van der Waals surface area (Å²) in [7, 11) is 0. The predicted octanol–water partition coefficient (Wildman–Crippen LogP) is 2.71. The second-order valence-corrected chi connectivity index (χ2v) is 2.88. The van der Waals surface area contributed by atoms with Crippen LogP contribution in [0.25, 0.3) is 0 Å². The van der Waals surface area contributed by atoms with Crippen molar-refractivity contribution in [1.82, 2.24) is 5.32 Å². The molecule has 1 atom stereocenters. The van der Waals surface area contributed by atoms with E-state index in [9.17, 15) is 0 Å². The van der Waals surface area contributed by atoms with Gasteiger partial charge in [-0.1, -0.05) is 19.1 Å². The number of rotatable bonds is 5. The zero-order valence-electron chi connectivity index (χ0n) is 7.85. The lowest BCUT2D eigenvalue weighted by Gasteiger charge is -2.06. The molecule has 1 nitrogen and oxygen atoms in total. The minimum atomic E-state index is 0.603. The molecule has 0 aliphatic rings. The molecule has 64 valence electrons. The lowest BCUT2D eigenvalue weighted by atomic mass is 10.1. The van der Waals surface area contributed by atoms with Gasteiger partial charge in [0.05, 0.1) is 0 Å². The fourth-order valence-corrected chi connectivity index (χ4v) is 1.10. The minimum Gasteiger partial charge on any atom is -0.389 e. The van der Waals surface area contributed by atoms with Crippen molar-refractivity contribution in [3.63, 3.8) is 0 Å². The zero-order valence-corrected chi connectivity index (χ0v) is 7.85. The van der Waals surface area contributed by atoms with Crippen molar-refractivity contribution in [3.8, 4) is 0 Å². The average Bonchev–Trinajstić information content (AvgIpc) is 1.87. The van der Waals surface area contributed by atoms with Crippen LogP contribution in [-0.4, -0.2) is 6.54 Å². The number of hydrogen-bond acceptors (Lipinski definition) is 1. The standard InChI is InChI=1S/C10H19N/c1-5-7-9(3)8-10(4)11-6-2/h5,8-9,11H,1,6-7H2,2-4H3/b10-8+. The second-order valence-electron chi connectivity index (χ2n) is 2.88. The van der Waals surface area contributed by atoms with Crippen LogP contribution in [-0.2, 0) is 0 Å². The first kappa shape index (κ1) is 10.3. The van der Waals surface area contributed by atoms with E-state index in [-0.39, 0.29) is 0 Å². The van der Waals surface area contributed by atoms with Crippen molar-refractivity contribution >= 4 is 0 Å². The molecular formula is C10H19N. The summed E-state index contributed by atoms with van der Waals surface area (Å²) >= 11 is 0. The molecule has 0 saturated carbocycles. The third kappa shape index (κ3) is 5.71. The van der Waals surface area contributed by atoms with Crippen molar-refractivity contribution < 1.29 is 0 Å². The molecule has 0 amide bonds. The van der Waals surface area contributed by atoms with Crippen LogP contribution in [0.15, 0.2) is 24.4 Å². The van der Waals surface area contributed by atoms with Gasteiger partial charge in [-0.25, -0.2) is 0 Å². The van der Waals surface area contributed by atoms with Crippen LogP contribution in [0.2, 0.25) is 0 Å². The lowest BCUT2D eigenvalue weighted by molar-refractivity contribution is 0.719. The summed E-state index contributed by atoms with van der Waals surface area (Å²) in [5.74, 6) is 0.603. The van der Waals surface area contributed by atoms with Crippen LogP contribution in [0, 0.1) is 5.92 Å². The molecule has 0 fully saturated rings. The van der Waals surface area contributed by atoms with E-state index in [0.717, 1.165) is 13.0 Å². The highest BCUT2D eigenvalue weighted by atomic mass is 14.9. The highest BCUT2D eigenvalue weighted by Crippen LogP contribution is 2.05. The van der Waals surface area contributed by atoms with Gasteiger partial charge in [0, 0.05) is 12.2 Å². The molecule has 0 aromatic rings. The molecule has 0 aliphatic heterocycles. The maximum absolute atomic E-state index is 3.70. The summed E-state index contributed by atoms with van der Waals surface area (Å²) in [5.41, 5.74) is 1.27. The molecule has 1 unspecified atom stereocenters. The van der Waals surface area contributed by atoms with Gasteiger partial charge < -0.3 is 5.32 Å². The molecule has 11 heavy (non-hydrogen) atoms. The molecule has 0 rings (SSSR count). The molecule has 1 N–H and O–H groups in total. The van der Waals surface area contributed by atoms with Gasteiger partial charge in [0.25, 0.3) is 0 Å². The molecule has 0 aromatic heterocycles. The van der Waals surface area contributed by atoms with E-state index in [1.807, 2.05) is 6.08 Å². The van der Waals surface area contributed by atoms with E-state index in [1.165, 1.54) is 5.70 Å². The maximum Gasteiger partial charge on any atom is 0.0115 e. The maximum atomic E-state index is 3.70. The second kappa shape index (κ2) is 6.02. The lowest BCUT2D eigenvalue weighted by Crippen LogP contribution is -2.10. The first-order chi connectivity index (χ1) is 5.20. The molecule has 0 bridgehead atoms. The Labute approximate surface area is 70.2 Å². The summed E-state index contributed by atoms with van der Waals surface area (Å²) in [6.45, 7) is 11.1. The van der Waals surface area contributed by atoms with Crippen LogP contribution < -0.4 is 5.32 Å². The van der Waals surface area contributed by atoms with E-state index < -0.39 is 0 Å². The van der Waals surface area contributed by atoms with Gasteiger partial charge in [0.15, 0.2) is 0 Å². The normalized spacial score (nSPS) is 14.3. The Morgan fingerprint density at radius 1 is 1.64 bits per heavy atom. The third-order valence-electron chi connectivity index (χ3n) is 1.53. The van der Waals surface area contributed by atoms with Crippen LogP contribution in [0.4, 0.5) is 0 Å². The monoisotopic (exact) mass is 153 g/mol. The van der Waals surface area contributed by atoms with Crippen LogP contribution in [0.5, 0.6) is 0 Å². The Morgan fingerprint density at radius 2 is 2.27 bits per heavy atom. The van der Waals surface area contributed by atoms with Gasteiger partial charge in [-0.15, -0.1) is 6.58 Å². The molecule has 0 radical (unpaired) electrons. The number of nitrogens with one attached hydrogen (secondary N) is 1. The van der Waals surface area contributed by atoms with Crippen molar-refractivity contribution in [3.05, 3.63) is 24.4 Å². The molecular weight excluding hydrogens is 134 g/mol. The summed E-state index contributed by atoms with van der Waals surface area (Å²) < 4.78 is 0. The average molecular weight is 153 g/mol. The van der Waals surface area contributed by atoms with Gasteiger partial charge in [-0.3, -0.25) is 0 Å². The smallest absolute Gasteiger partial charge is 0.0115 e. The molecule has 1 heteroatoms. The summed E-state index contributed by atoms with van der Waals surface area (Å²) in [6.07, 6.45) is 5.26. The summed E-state index contributed by atoms with van der Waals surface area (Å²) in [5, 5.41) is 3.26. The molecule has 0 saturated heterocycles. The number of allylic oxidation sites excluding steroid dienone is 3. The molecule has 0 spiro atoms. The van der Waals surface area contributed by atoms with Gasteiger partial charge in [-0.05, 0) is 26.2 Å². The van der Waals surface area contributed by atoms with Crippen molar-refractivity contribution in [2.45, 2.75) is 27.2 Å². The summed E-state index contributed by atoms with van der Waals surface area (Å²) in [6, 6.07) is 0. The Balaban J connectivity index is 3.75. The van der Waals surface area contributed by atoms with E-state index in [2.05, 4.69) is 38.7 Å². The van der Waals surface area contributed by atoms with Crippen LogP contribution in [0.3, 0.4) is 0 Å².